The van der Waals surface area contributed by atoms with Crippen LogP contribution in [0.15, 0.2) is 124 Å². The summed E-state index contributed by atoms with van der Waals surface area (Å²) in [5.74, 6) is -3.38. The number of nitrogens with one attached hydrogen (secondary N) is 3. The van der Waals surface area contributed by atoms with Gasteiger partial charge in [0.05, 0.1) is 43.9 Å². The first-order chi connectivity index (χ1) is 35.2. The van der Waals surface area contributed by atoms with Gasteiger partial charge in [0.15, 0.2) is 25.4 Å². The zero-order chi connectivity index (χ0) is 54.9. The molecular formula is C37H35ClN10O20S7. The molecule has 0 spiro atoms. The maximum atomic E-state index is 12.9. The summed E-state index contributed by atoms with van der Waals surface area (Å²) in [5.41, 5.74) is -2.23. The maximum Gasteiger partial charge on any atom is 0.296 e. The lowest BCUT2D eigenvalue weighted by Gasteiger charge is -2.14. The molecule has 0 radical (unpaired) electrons. The first kappa shape index (κ1) is 58.4. The maximum absolute atomic E-state index is 12.9. The number of azo groups is 2. The summed E-state index contributed by atoms with van der Waals surface area (Å²) in [4.78, 5) is 9.43. The Morgan fingerprint density at radius 2 is 1.23 bits per heavy atom. The Hall–Kier alpha value is -5.85. The highest BCUT2D eigenvalue weighted by molar-refractivity contribution is 7.97. The number of nitrogens with zero attached hydrogens (tertiary/aromatic N) is 7. The molecule has 75 heavy (non-hydrogen) atoms. The highest BCUT2D eigenvalue weighted by Crippen LogP contribution is 2.49. The summed E-state index contributed by atoms with van der Waals surface area (Å²) in [6, 6.07) is 14.5. The number of phenolic OH excluding ortho intramolecular Hbond substituents is 1. The molecule has 6 aromatic rings. The predicted molar refractivity (Wildman–Crippen MR) is 267 cm³/mol. The van der Waals surface area contributed by atoms with E-state index in [0.717, 1.165) is 48.5 Å². The van der Waals surface area contributed by atoms with Crippen molar-refractivity contribution in [2.45, 2.75) is 37.8 Å². The van der Waals surface area contributed by atoms with Gasteiger partial charge in [-0.05, 0) is 96.9 Å². The molecule has 0 aliphatic rings. The van der Waals surface area contributed by atoms with E-state index >= 15 is 0 Å². The second kappa shape index (κ2) is 24.4. The molecule has 5 aromatic carbocycles. The number of benzene rings is 5. The van der Waals surface area contributed by atoms with E-state index < -0.39 is 105 Å². The molecule has 0 fully saturated rings. The van der Waals surface area contributed by atoms with Crippen LogP contribution < -0.4 is 16.0 Å². The van der Waals surface area contributed by atoms with Crippen molar-refractivity contribution in [3.63, 3.8) is 0 Å². The zero-order valence-electron chi connectivity index (χ0n) is 37.3. The van der Waals surface area contributed by atoms with Gasteiger partial charge in [0.25, 0.3) is 30.4 Å². The van der Waals surface area contributed by atoms with Crippen molar-refractivity contribution in [2.75, 3.05) is 39.1 Å². The van der Waals surface area contributed by atoms with E-state index in [1.165, 1.54) is 24.3 Å². The number of rotatable bonds is 25. The molecule has 0 aliphatic heterocycles. The van der Waals surface area contributed by atoms with Crippen LogP contribution in [0, 0.1) is 0 Å². The molecule has 38 heteroatoms. The van der Waals surface area contributed by atoms with Crippen LogP contribution >= 0.6 is 35.7 Å². The highest BCUT2D eigenvalue weighted by Gasteiger charge is 2.25. The Morgan fingerprint density at radius 1 is 0.627 bits per heavy atom. The molecular weight excluding hydrogens is 1160 g/mol. The summed E-state index contributed by atoms with van der Waals surface area (Å²) >= 11 is 6.69. The Bertz CT molecular complexity index is 3770. The van der Waals surface area contributed by atoms with Gasteiger partial charge in [-0.25, -0.2) is 27.4 Å². The van der Waals surface area contributed by atoms with Crippen LogP contribution in [0.5, 0.6) is 5.75 Å². The van der Waals surface area contributed by atoms with Gasteiger partial charge in [-0.1, -0.05) is 17.0 Å². The zero-order valence-corrected chi connectivity index (χ0v) is 43.8. The standard InChI is InChI=1S/C37H35ClN10O20S7/c1-2-14-71(52,53)22-6-3-20(4-7-22)40-36-42-35(38)43-37(44-36)41-21-5-12-30(74(59,60)61)28(16-21)46-48-33-29(70-68-66-51)18-25-24(34(33)49)9-11-27(39-19-73(56,57)58)32(25)47-45-26-10-8-23(17-31(26)75(62,63)64)72(54,55)15-13-69-67-65-50/h3-12,16-18,39,49-51H,2,13-15,19H2,1H3,(H,56,57,58)(H,59,60,61)(H,62,63,64)(H2,40,41,42,43,44). The van der Waals surface area contributed by atoms with E-state index in [-0.39, 0.29) is 72.7 Å². The lowest BCUT2D eigenvalue weighted by molar-refractivity contribution is -0.432. The number of anilines is 5. The number of aromatic nitrogens is 3. The topological polar surface area (TPSA) is 453 Å². The molecule has 30 nitrogen and oxygen atoms in total. The third-order valence-electron chi connectivity index (χ3n) is 9.45. The summed E-state index contributed by atoms with van der Waals surface area (Å²) in [5, 5.41) is 59.2. The number of phenols is 1. The monoisotopic (exact) mass is 1200 g/mol. The molecule has 402 valence electrons. The van der Waals surface area contributed by atoms with Crippen molar-refractivity contribution in [1.29, 1.82) is 0 Å². The minimum absolute atomic E-state index is 0.00303. The fourth-order valence-electron chi connectivity index (χ4n) is 6.28. The van der Waals surface area contributed by atoms with Gasteiger partial charge in [-0.2, -0.15) is 40.2 Å². The molecule has 0 saturated heterocycles. The molecule has 0 saturated carbocycles. The number of fused-ring (bicyclic) bond motifs is 1. The van der Waals surface area contributed by atoms with Crippen molar-refractivity contribution < 1.29 is 90.1 Å². The molecule has 9 N–H and O–H groups in total. The number of hydrogen-bond acceptors (Lipinski definition) is 29. The van der Waals surface area contributed by atoms with Gasteiger partial charge in [0, 0.05) is 39.9 Å². The van der Waals surface area contributed by atoms with Gasteiger partial charge in [-0.3, -0.25) is 13.7 Å². The predicted octanol–water partition coefficient (Wildman–Crippen LogP) is 7.91. The van der Waals surface area contributed by atoms with Crippen molar-refractivity contribution >= 4 is 148 Å². The van der Waals surface area contributed by atoms with Gasteiger partial charge in [-0.15, -0.1) is 29.1 Å². The molecule has 0 bridgehead atoms. The lowest BCUT2D eigenvalue weighted by atomic mass is 10.1. The highest BCUT2D eigenvalue weighted by atomic mass is 35.5. The summed E-state index contributed by atoms with van der Waals surface area (Å²) in [6.07, 6.45) is 0.414. The SMILES string of the molecule is CCCS(=O)(=O)c1ccc(Nc2nc(Cl)nc(Nc3ccc(S(=O)(=O)O)c(N=Nc4c(SOOO)cc5c(N=Nc6ccc(S(=O)(=O)CCSOOO)cc6S(=O)(=O)O)c(NCS(=O)(=O)O)ccc5c4O)c3)n2)cc1. The third kappa shape index (κ3) is 15.6. The average molecular weight is 1200 g/mol. The van der Waals surface area contributed by atoms with Crippen LogP contribution in [0.3, 0.4) is 0 Å². The number of hydrogen-bond donors (Lipinski definition) is 9. The molecule has 1 aromatic heterocycles. The number of aromatic hydroxyl groups is 1. The van der Waals surface area contributed by atoms with E-state index in [2.05, 4.69) is 70.1 Å². The first-order valence-corrected chi connectivity index (χ1v) is 29.9. The molecule has 0 unspecified atom stereocenters. The van der Waals surface area contributed by atoms with Crippen LogP contribution in [-0.4, -0.2) is 109 Å². The van der Waals surface area contributed by atoms with Crippen LogP contribution in [0.4, 0.5) is 51.7 Å². The number of sulfone groups is 2. The Balaban J connectivity index is 1.41. The summed E-state index contributed by atoms with van der Waals surface area (Å²) < 4.78 is 163. The van der Waals surface area contributed by atoms with Crippen molar-refractivity contribution in [3.8, 4) is 5.75 Å². The average Bonchev–Trinajstić information content (AvgIpc) is 3.32. The van der Waals surface area contributed by atoms with Gasteiger partial charge in [0.1, 0.15) is 38.4 Å². The normalized spacial score (nSPS) is 12.7. The Kier molecular flexibility index (Phi) is 19.0. The second-order valence-electron chi connectivity index (χ2n) is 14.5. The van der Waals surface area contributed by atoms with Crippen molar-refractivity contribution in [1.82, 2.24) is 15.0 Å². The quantitative estimate of drug-likeness (QED) is 0.00656. The molecule has 0 amide bonds. The molecule has 6 rings (SSSR count). The van der Waals surface area contributed by atoms with E-state index in [9.17, 15) is 60.9 Å². The van der Waals surface area contributed by atoms with Crippen molar-refractivity contribution in [2.24, 2.45) is 20.5 Å². The molecule has 1 heterocycles. The minimum atomic E-state index is -5.28. The minimum Gasteiger partial charge on any atom is -0.505 e. The smallest absolute Gasteiger partial charge is 0.296 e. The lowest BCUT2D eigenvalue weighted by Crippen LogP contribution is -2.13. The molecule has 0 aliphatic carbocycles. The first-order valence-electron chi connectivity index (χ1n) is 20.1. The van der Waals surface area contributed by atoms with E-state index in [1.54, 1.807) is 6.92 Å². The fraction of sp³-hybridized carbons (Fsp3) is 0.162. The summed E-state index contributed by atoms with van der Waals surface area (Å²) in [6.45, 7) is 1.73. The van der Waals surface area contributed by atoms with Gasteiger partial charge >= 0.3 is 0 Å². The number of halogens is 1. The van der Waals surface area contributed by atoms with E-state index in [0.29, 0.717) is 30.2 Å². The fourth-order valence-corrected chi connectivity index (χ4v) is 12.0. The van der Waals surface area contributed by atoms with Crippen LogP contribution in [0.2, 0.25) is 5.28 Å². The Labute approximate surface area is 437 Å². The van der Waals surface area contributed by atoms with Crippen LogP contribution in [0.1, 0.15) is 13.3 Å². The van der Waals surface area contributed by atoms with E-state index in [1.807, 2.05) is 0 Å². The van der Waals surface area contributed by atoms with Gasteiger partial charge in [0.2, 0.25) is 17.2 Å². The largest absolute Gasteiger partial charge is 0.505 e. The third-order valence-corrected chi connectivity index (χ3v) is 17.0. The Morgan fingerprint density at radius 3 is 1.85 bits per heavy atom. The van der Waals surface area contributed by atoms with Crippen molar-refractivity contribution in [3.05, 3.63) is 84.1 Å². The van der Waals surface area contributed by atoms with Crippen LogP contribution in [0.25, 0.3) is 10.8 Å². The second-order valence-corrected chi connectivity index (χ2v) is 24.9. The molecule has 0 atom stereocenters. The van der Waals surface area contributed by atoms with Crippen LogP contribution in [-0.2, 0) is 68.8 Å². The van der Waals surface area contributed by atoms with E-state index in [4.69, 9.17) is 22.1 Å². The van der Waals surface area contributed by atoms with Gasteiger partial charge < -0.3 is 21.1 Å². The summed E-state index contributed by atoms with van der Waals surface area (Å²) in [7, 11) is -22.9.